The van der Waals surface area contributed by atoms with Crippen molar-refractivity contribution < 1.29 is 8.78 Å². The lowest BCUT2D eigenvalue weighted by Gasteiger charge is -2.05. The van der Waals surface area contributed by atoms with E-state index in [4.69, 9.17) is 16.9 Å². The van der Waals surface area contributed by atoms with E-state index in [1.54, 1.807) is 24.5 Å². The van der Waals surface area contributed by atoms with Crippen molar-refractivity contribution in [2.75, 3.05) is 5.32 Å². The Morgan fingerprint density at radius 3 is 2.83 bits per heavy atom. The Morgan fingerprint density at radius 2 is 2.08 bits per heavy atom. The Bertz CT molecular complexity index is 932. The van der Waals surface area contributed by atoms with E-state index in [9.17, 15) is 8.78 Å². The smallest absolute Gasteiger partial charge is 0.161 e. The molecule has 0 bridgehead atoms. The Labute approximate surface area is 141 Å². The first-order chi connectivity index (χ1) is 11.6. The largest absolute Gasteiger partial charge is 0.366 e. The molecule has 0 unspecified atom stereocenters. The summed E-state index contributed by atoms with van der Waals surface area (Å²) in [5.41, 5.74) is 1.04. The topological polar surface area (TPSA) is 66.5 Å². The number of hydrogen-bond donors (Lipinski definition) is 1. The molecule has 5 nitrogen and oxygen atoms in total. The van der Waals surface area contributed by atoms with E-state index in [1.165, 1.54) is 16.8 Å². The highest BCUT2D eigenvalue weighted by molar-refractivity contribution is 6.31. The zero-order chi connectivity index (χ0) is 17.1. The quantitative estimate of drug-likeness (QED) is 0.783. The van der Waals surface area contributed by atoms with E-state index in [2.05, 4.69) is 15.4 Å². The van der Waals surface area contributed by atoms with Crippen molar-refractivity contribution in [1.82, 2.24) is 14.8 Å². The van der Waals surface area contributed by atoms with Crippen LogP contribution in [0.1, 0.15) is 11.3 Å². The van der Waals surface area contributed by atoms with Crippen molar-refractivity contribution in [1.29, 1.82) is 5.26 Å². The Balaban J connectivity index is 1.74. The van der Waals surface area contributed by atoms with Crippen molar-refractivity contribution >= 4 is 17.4 Å². The molecule has 0 fully saturated rings. The summed E-state index contributed by atoms with van der Waals surface area (Å²) in [7, 11) is 0. The number of halogens is 3. The third kappa shape index (κ3) is 3.34. The molecule has 0 saturated carbocycles. The first-order valence-electron chi connectivity index (χ1n) is 6.86. The Morgan fingerprint density at radius 1 is 1.25 bits per heavy atom. The molecule has 1 aromatic carbocycles. The molecule has 0 radical (unpaired) electrons. The SMILES string of the molecule is N#Cc1nc(NCc2cnn(-c3ccc(F)cc3F)c2)ccc1Cl. The number of hydrogen-bond acceptors (Lipinski definition) is 4. The van der Waals surface area contributed by atoms with Gasteiger partial charge in [0.25, 0.3) is 0 Å². The van der Waals surface area contributed by atoms with Crippen LogP contribution in [0.25, 0.3) is 5.69 Å². The molecule has 24 heavy (non-hydrogen) atoms. The summed E-state index contributed by atoms with van der Waals surface area (Å²) in [5, 5.41) is 16.3. The lowest BCUT2D eigenvalue weighted by molar-refractivity contribution is 0.573. The number of nitrogens with one attached hydrogen (secondary N) is 1. The van der Waals surface area contributed by atoms with Gasteiger partial charge in [-0.1, -0.05) is 11.6 Å². The fraction of sp³-hybridized carbons (Fsp3) is 0.0625. The molecule has 0 atom stereocenters. The molecule has 2 aromatic heterocycles. The zero-order valence-electron chi connectivity index (χ0n) is 12.2. The van der Waals surface area contributed by atoms with Gasteiger partial charge in [0, 0.05) is 24.4 Å². The van der Waals surface area contributed by atoms with Gasteiger partial charge < -0.3 is 5.32 Å². The second kappa shape index (κ2) is 6.64. The Hall–Kier alpha value is -2.98. The maximum atomic E-state index is 13.7. The molecule has 0 spiro atoms. The lowest BCUT2D eigenvalue weighted by atomic mass is 10.3. The summed E-state index contributed by atoms with van der Waals surface area (Å²) in [5.74, 6) is -0.861. The number of benzene rings is 1. The predicted molar refractivity (Wildman–Crippen MR) is 84.8 cm³/mol. The van der Waals surface area contributed by atoms with E-state index < -0.39 is 11.6 Å². The van der Waals surface area contributed by atoms with Gasteiger partial charge in [0.2, 0.25) is 0 Å². The first kappa shape index (κ1) is 15.9. The molecule has 0 amide bonds. The molecule has 0 saturated heterocycles. The van der Waals surface area contributed by atoms with Crippen LogP contribution in [0, 0.1) is 23.0 Å². The van der Waals surface area contributed by atoms with E-state index in [0.29, 0.717) is 12.4 Å². The van der Waals surface area contributed by atoms with Crippen LogP contribution < -0.4 is 5.32 Å². The van der Waals surface area contributed by atoms with Gasteiger partial charge in [0.15, 0.2) is 11.5 Å². The molecule has 0 aliphatic rings. The minimum Gasteiger partial charge on any atom is -0.366 e. The van der Waals surface area contributed by atoms with Crippen LogP contribution in [0.5, 0.6) is 0 Å². The minimum absolute atomic E-state index is 0.130. The van der Waals surface area contributed by atoms with Crippen molar-refractivity contribution in [2.45, 2.75) is 6.54 Å². The second-order valence-corrected chi connectivity index (χ2v) is 5.29. The van der Waals surface area contributed by atoms with Crippen LogP contribution in [0.3, 0.4) is 0 Å². The molecule has 2 heterocycles. The maximum absolute atomic E-state index is 13.7. The van der Waals surface area contributed by atoms with E-state index in [-0.39, 0.29) is 16.4 Å². The third-order valence-corrected chi connectivity index (χ3v) is 3.52. The summed E-state index contributed by atoms with van der Waals surface area (Å²) >= 11 is 5.82. The summed E-state index contributed by atoms with van der Waals surface area (Å²) < 4.78 is 28.0. The van der Waals surface area contributed by atoms with Crippen molar-refractivity contribution in [3.63, 3.8) is 0 Å². The van der Waals surface area contributed by atoms with Crippen LogP contribution in [0.15, 0.2) is 42.7 Å². The normalized spacial score (nSPS) is 10.4. The number of anilines is 1. The standard InChI is InChI=1S/C16H10ClF2N5/c17-12-2-4-16(23-14(12)6-20)21-7-10-8-22-24(9-10)15-3-1-11(18)5-13(15)19/h1-5,8-9H,7H2,(H,21,23). The van der Waals surface area contributed by atoms with E-state index in [1.807, 2.05) is 6.07 Å². The molecular formula is C16H10ClF2N5. The monoisotopic (exact) mass is 345 g/mol. The summed E-state index contributed by atoms with van der Waals surface area (Å²) in [6, 6.07) is 8.40. The first-order valence-corrected chi connectivity index (χ1v) is 7.24. The average molecular weight is 346 g/mol. The predicted octanol–water partition coefficient (Wildman–Crippen LogP) is 3.68. The van der Waals surface area contributed by atoms with E-state index in [0.717, 1.165) is 11.6 Å². The van der Waals surface area contributed by atoms with Crippen molar-refractivity contribution in [3.8, 4) is 11.8 Å². The molecule has 0 aliphatic heterocycles. The number of rotatable bonds is 4. The average Bonchev–Trinajstić information content (AvgIpc) is 3.02. The maximum Gasteiger partial charge on any atom is 0.161 e. The van der Waals surface area contributed by atoms with Crippen LogP contribution in [-0.2, 0) is 6.54 Å². The third-order valence-electron chi connectivity index (χ3n) is 3.22. The molecule has 3 rings (SSSR count). The highest BCUT2D eigenvalue weighted by Gasteiger charge is 2.08. The highest BCUT2D eigenvalue weighted by atomic mass is 35.5. The minimum atomic E-state index is -0.698. The zero-order valence-corrected chi connectivity index (χ0v) is 12.9. The van der Waals surface area contributed by atoms with Gasteiger partial charge in [0.1, 0.15) is 23.4 Å². The number of nitriles is 1. The van der Waals surface area contributed by atoms with Gasteiger partial charge >= 0.3 is 0 Å². The number of pyridine rings is 1. The highest BCUT2D eigenvalue weighted by Crippen LogP contribution is 2.17. The summed E-state index contributed by atoms with van der Waals surface area (Å²) in [6.45, 7) is 0.363. The number of aromatic nitrogens is 3. The summed E-state index contributed by atoms with van der Waals surface area (Å²) in [6.07, 6.45) is 3.17. The molecule has 0 aliphatic carbocycles. The Kier molecular flexibility index (Phi) is 4.40. The van der Waals surface area contributed by atoms with Gasteiger partial charge in [-0.05, 0) is 24.3 Å². The molecule has 3 aromatic rings. The summed E-state index contributed by atoms with van der Waals surface area (Å²) in [4.78, 5) is 4.06. The van der Waals surface area contributed by atoms with Crippen LogP contribution >= 0.6 is 11.6 Å². The van der Waals surface area contributed by atoms with E-state index >= 15 is 0 Å². The van der Waals surface area contributed by atoms with Crippen LogP contribution in [0.2, 0.25) is 5.02 Å². The van der Waals surface area contributed by atoms with Crippen molar-refractivity contribution in [2.24, 2.45) is 0 Å². The van der Waals surface area contributed by atoms with Gasteiger partial charge in [-0.2, -0.15) is 10.4 Å². The van der Waals surface area contributed by atoms with Gasteiger partial charge in [-0.3, -0.25) is 0 Å². The molecule has 1 N–H and O–H groups in total. The fourth-order valence-electron chi connectivity index (χ4n) is 2.06. The second-order valence-electron chi connectivity index (χ2n) is 4.88. The number of nitrogens with zero attached hydrogens (tertiary/aromatic N) is 4. The lowest BCUT2D eigenvalue weighted by Crippen LogP contribution is -2.02. The van der Waals surface area contributed by atoms with Gasteiger partial charge in [-0.25, -0.2) is 18.4 Å². The fourth-order valence-corrected chi connectivity index (χ4v) is 2.21. The van der Waals surface area contributed by atoms with Gasteiger partial charge in [-0.15, -0.1) is 0 Å². The molecular weight excluding hydrogens is 336 g/mol. The van der Waals surface area contributed by atoms with Crippen LogP contribution in [0.4, 0.5) is 14.6 Å². The molecule has 120 valence electrons. The van der Waals surface area contributed by atoms with Crippen LogP contribution in [-0.4, -0.2) is 14.8 Å². The molecule has 8 heteroatoms. The van der Waals surface area contributed by atoms with Crippen molar-refractivity contribution in [3.05, 3.63) is 70.6 Å². The van der Waals surface area contributed by atoms with Gasteiger partial charge in [0.05, 0.1) is 11.2 Å².